The molecule has 3 aliphatic rings. The van der Waals surface area contributed by atoms with Crippen LogP contribution in [0, 0.1) is 0 Å². The van der Waals surface area contributed by atoms with Crippen LogP contribution in [0.5, 0.6) is 0 Å². The lowest BCUT2D eigenvalue weighted by molar-refractivity contribution is -0.686. The van der Waals surface area contributed by atoms with Crippen molar-refractivity contribution in [2.24, 2.45) is 0 Å². The van der Waals surface area contributed by atoms with Crippen LogP contribution in [0.15, 0.2) is 0 Å². The molecule has 3 aliphatic heterocycles. The van der Waals surface area contributed by atoms with Gasteiger partial charge in [-0.15, -0.1) is 0 Å². The SMILES string of the molecule is C1CN2CCN3CC[N+](=C23)CC[NH2+]1. The van der Waals surface area contributed by atoms with Crippen molar-refractivity contribution in [2.75, 3.05) is 52.4 Å². The Bertz CT molecular complexity index is 248. The van der Waals surface area contributed by atoms with E-state index in [1.54, 1.807) is 0 Å². The fourth-order valence-electron chi connectivity index (χ4n) is 2.66. The molecule has 0 atom stereocenters. The number of nitrogens with two attached hydrogens (primary N) is 1. The standard InChI is InChI=1S/C9H17N4/c1-3-11-5-7-13-8-6-12(9(11)13)4-2-10-1/h10H,1-8H2/q+1/p+1. The summed E-state index contributed by atoms with van der Waals surface area (Å²) in [5.41, 5.74) is 0. The van der Waals surface area contributed by atoms with Crippen LogP contribution in [0.2, 0.25) is 0 Å². The maximum Gasteiger partial charge on any atom is 0.351 e. The molecule has 0 spiro atoms. The van der Waals surface area contributed by atoms with Crippen LogP contribution in [0.1, 0.15) is 0 Å². The van der Waals surface area contributed by atoms with E-state index in [9.17, 15) is 0 Å². The molecule has 0 saturated carbocycles. The summed E-state index contributed by atoms with van der Waals surface area (Å²) < 4.78 is 2.56. The zero-order valence-electron chi connectivity index (χ0n) is 8.08. The summed E-state index contributed by atoms with van der Waals surface area (Å²) in [7, 11) is 0. The van der Waals surface area contributed by atoms with Gasteiger partial charge in [-0.2, -0.15) is 0 Å². The molecule has 1 fully saturated rings. The van der Waals surface area contributed by atoms with Gasteiger partial charge in [-0.05, 0) is 0 Å². The minimum Gasteiger partial charge on any atom is -0.341 e. The molecule has 2 N–H and O–H groups in total. The monoisotopic (exact) mass is 182 g/mol. The second-order valence-corrected chi connectivity index (χ2v) is 4.13. The highest BCUT2D eigenvalue weighted by atomic mass is 15.5. The molecule has 72 valence electrons. The van der Waals surface area contributed by atoms with Gasteiger partial charge in [0.2, 0.25) is 0 Å². The first-order valence-corrected chi connectivity index (χ1v) is 5.38. The Morgan fingerprint density at radius 3 is 2.69 bits per heavy atom. The van der Waals surface area contributed by atoms with Gasteiger partial charge in [0.25, 0.3) is 0 Å². The van der Waals surface area contributed by atoms with Crippen molar-refractivity contribution in [1.82, 2.24) is 9.80 Å². The molecule has 0 amide bonds. The summed E-state index contributed by atoms with van der Waals surface area (Å²) in [4.78, 5) is 5.11. The summed E-state index contributed by atoms with van der Waals surface area (Å²) in [5, 5.41) is 2.44. The lowest BCUT2D eigenvalue weighted by atomic mass is 10.4. The first kappa shape index (κ1) is 7.62. The fourth-order valence-corrected chi connectivity index (χ4v) is 2.66. The summed E-state index contributed by atoms with van der Waals surface area (Å²) in [6.45, 7) is 10.0. The predicted molar refractivity (Wildman–Crippen MR) is 49.8 cm³/mol. The lowest BCUT2D eigenvalue weighted by Crippen LogP contribution is -2.87. The molecule has 0 aromatic rings. The third-order valence-corrected chi connectivity index (χ3v) is 3.33. The first-order chi connectivity index (χ1) is 6.45. The van der Waals surface area contributed by atoms with Gasteiger partial charge in [0.05, 0.1) is 26.2 Å². The Morgan fingerprint density at radius 1 is 0.923 bits per heavy atom. The number of rotatable bonds is 0. The molecule has 3 rings (SSSR count). The largest absolute Gasteiger partial charge is 0.351 e. The Hall–Kier alpha value is -0.770. The Kier molecular flexibility index (Phi) is 1.68. The van der Waals surface area contributed by atoms with Crippen LogP contribution >= 0.6 is 0 Å². The van der Waals surface area contributed by atoms with Crippen molar-refractivity contribution in [2.45, 2.75) is 0 Å². The van der Waals surface area contributed by atoms with Crippen molar-refractivity contribution >= 4 is 5.96 Å². The molecule has 0 unspecified atom stereocenters. The topological polar surface area (TPSA) is 26.1 Å². The van der Waals surface area contributed by atoms with Gasteiger partial charge in [-0.1, -0.05) is 0 Å². The van der Waals surface area contributed by atoms with E-state index in [0.29, 0.717) is 0 Å². The number of hydrogen-bond donors (Lipinski definition) is 1. The fraction of sp³-hybridized carbons (Fsp3) is 0.889. The first-order valence-electron chi connectivity index (χ1n) is 5.38. The molecule has 0 radical (unpaired) electrons. The van der Waals surface area contributed by atoms with Crippen LogP contribution in [0.25, 0.3) is 0 Å². The smallest absolute Gasteiger partial charge is 0.341 e. The number of guanidine groups is 1. The molecule has 4 heteroatoms. The highest BCUT2D eigenvalue weighted by Crippen LogP contribution is 2.12. The number of nitrogens with zero attached hydrogens (tertiary/aromatic N) is 3. The highest BCUT2D eigenvalue weighted by Gasteiger charge is 2.41. The Morgan fingerprint density at radius 2 is 1.77 bits per heavy atom. The lowest BCUT2D eigenvalue weighted by Gasteiger charge is -2.16. The second-order valence-electron chi connectivity index (χ2n) is 4.13. The average molecular weight is 182 g/mol. The molecule has 1 saturated heterocycles. The van der Waals surface area contributed by atoms with Crippen LogP contribution in [-0.4, -0.2) is 72.7 Å². The van der Waals surface area contributed by atoms with E-state index in [1.807, 2.05) is 0 Å². The second kappa shape index (κ2) is 2.87. The van der Waals surface area contributed by atoms with E-state index >= 15 is 0 Å². The zero-order valence-corrected chi connectivity index (χ0v) is 8.08. The highest BCUT2D eigenvalue weighted by molar-refractivity contribution is 5.78. The van der Waals surface area contributed by atoms with Crippen molar-refractivity contribution in [3.05, 3.63) is 0 Å². The third-order valence-electron chi connectivity index (χ3n) is 3.33. The van der Waals surface area contributed by atoms with Gasteiger partial charge >= 0.3 is 5.96 Å². The van der Waals surface area contributed by atoms with E-state index < -0.39 is 0 Å². The Labute approximate surface area is 78.8 Å². The molecule has 0 aromatic heterocycles. The van der Waals surface area contributed by atoms with Crippen LogP contribution < -0.4 is 5.32 Å². The third kappa shape index (κ3) is 1.12. The van der Waals surface area contributed by atoms with Crippen molar-refractivity contribution in [1.29, 1.82) is 0 Å². The molecule has 0 aromatic carbocycles. The van der Waals surface area contributed by atoms with Crippen LogP contribution in [0.3, 0.4) is 0 Å². The van der Waals surface area contributed by atoms with Crippen LogP contribution in [0.4, 0.5) is 0 Å². The average Bonchev–Trinajstić information content (AvgIpc) is 2.60. The van der Waals surface area contributed by atoms with E-state index in [1.165, 1.54) is 58.3 Å². The summed E-state index contributed by atoms with van der Waals surface area (Å²) in [6, 6.07) is 0. The summed E-state index contributed by atoms with van der Waals surface area (Å²) >= 11 is 0. The van der Waals surface area contributed by atoms with E-state index in [2.05, 4.69) is 19.7 Å². The number of quaternary nitrogens is 1. The summed E-state index contributed by atoms with van der Waals surface area (Å²) in [6.07, 6.45) is 0. The molecular weight excluding hydrogens is 164 g/mol. The van der Waals surface area contributed by atoms with E-state index in [0.717, 1.165) is 0 Å². The quantitative estimate of drug-likeness (QED) is 0.421. The van der Waals surface area contributed by atoms with Crippen molar-refractivity contribution in [3.63, 3.8) is 0 Å². The van der Waals surface area contributed by atoms with Gasteiger partial charge in [0, 0.05) is 0 Å². The summed E-state index contributed by atoms with van der Waals surface area (Å²) in [5.74, 6) is 1.54. The van der Waals surface area contributed by atoms with E-state index in [-0.39, 0.29) is 0 Å². The van der Waals surface area contributed by atoms with Crippen molar-refractivity contribution < 1.29 is 9.89 Å². The minimum absolute atomic E-state index is 1.24. The van der Waals surface area contributed by atoms with Crippen LogP contribution in [-0.2, 0) is 0 Å². The van der Waals surface area contributed by atoms with Gasteiger partial charge in [0.1, 0.15) is 26.2 Å². The predicted octanol–water partition coefficient (Wildman–Crippen LogP) is -2.44. The molecule has 4 nitrogen and oxygen atoms in total. The van der Waals surface area contributed by atoms with Gasteiger partial charge in [-0.3, -0.25) is 14.4 Å². The molecule has 13 heavy (non-hydrogen) atoms. The normalized spacial score (nSPS) is 27.7. The maximum atomic E-state index is 2.56. The molecule has 0 bridgehead atoms. The van der Waals surface area contributed by atoms with E-state index in [4.69, 9.17) is 0 Å². The van der Waals surface area contributed by atoms with Crippen molar-refractivity contribution in [3.8, 4) is 0 Å². The number of hydrogen-bond acceptors (Lipinski definition) is 2. The minimum atomic E-state index is 1.24. The molecular formula is C9H18N4+2. The van der Waals surface area contributed by atoms with Gasteiger partial charge in [0.15, 0.2) is 0 Å². The zero-order chi connectivity index (χ0) is 8.67. The molecule has 3 heterocycles. The van der Waals surface area contributed by atoms with Gasteiger partial charge in [-0.25, -0.2) is 0 Å². The molecule has 0 aliphatic carbocycles. The Balaban J connectivity index is 1.93. The maximum absolute atomic E-state index is 2.56. The van der Waals surface area contributed by atoms with Gasteiger partial charge < -0.3 is 5.32 Å².